The number of rotatable bonds is 5. The molecule has 0 spiro atoms. The largest absolute Gasteiger partial charge is 0.384 e. The van der Waals surface area contributed by atoms with Gasteiger partial charge in [0.1, 0.15) is 0 Å². The number of hydrogen-bond donors (Lipinski definition) is 1. The molecule has 1 heterocycles. The van der Waals surface area contributed by atoms with Gasteiger partial charge in [-0.25, -0.2) is 4.98 Å². The van der Waals surface area contributed by atoms with Crippen LogP contribution in [0.1, 0.15) is 19.0 Å². The summed E-state index contributed by atoms with van der Waals surface area (Å²) in [6.45, 7) is 3.65. The van der Waals surface area contributed by atoms with Crippen LogP contribution in [0.4, 0.5) is 5.69 Å². The third kappa shape index (κ3) is 2.69. The molecule has 0 amide bonds. The summed E-state index contributed by atoms with van der Waals surface area (Å²) in [6.07, 6.45) is 1.09. The lowest BCUT2D eigenvalue weighted by molar-refractivity contribution is 0.182. The van der Waals surface area contributed by atoms with Crippen LogP contribution in [-0.2, 0) is 11.3 Å². The summed E-state index contributed by atoms with van der Waals surface area (Å²) in [7, 11) is 1.70. The zero-order chi connectivity index (χ0) is 14.7. The fourth-order valence-corrected chi connectivity index (χ4v) is 2.64. The number of methoxy groups -OCH3 is 1. The highest BCUT2D eigenvalue weighted by Gasteiger charge is 2.08. The van der Waals surface area contributed by atoms with Crippen LogP contribution in [0.5, 0.6) is 0 Å². The van der Waals surface area contributed by atoms with Crippen LogP contribution >= 0.6 is 0 Å². The van der Waals surface area contributed by atoms with E-state index in [9.17, 15) is 0 Å². The maximum atomic E-state index is 5.26. The zero-order valence-corrected chi connectivity index (χ0v) is 12.5. The first kappa shape index (κ1) is 13.8. The van der Waals surface area contributed by atoms with Crippen LogP contribution in [0, 0.1) is 0 Å². The maximum absolute atomic E-state index is 5.26. The first-order valence-corrected chi connectivity index (χ1v) is 7.37. The Hall–Kier alpha value is -2.13. The van der Waals surface area contributed by atoms with E-state index in [1.165, 1.54) is 16.2 Å². The van der Waals surface area contributed by atoms with E-state index in [0.29, 0.717) is 6.61 Å². The van der Waals surface area contributed by atoms with Gasteiger partial charge >= 0.3 is 0 Å². The van der Waals surface area contributed by atoms with E-state index in [0.717, 1.165) is 29.9 Å². The number of aromatic nitrogens is 1. The lowest BCUT2D eigenvalue weighted by atomic mass is 10.0. The minimum atomic E-state index is 0.528. The molecular weight excluding hydrogens is 260 g/mol. The van der Waals surface area contributed by atoms with Gasteiger partial charge in [0, 0.05) is 30.1 Å². The van der Waals surface area contributed by atoms with Gasteiger partial charge in [-0.15, -0.1) is 0 Å². The van der Waals surface area contributed by atoms with Crippen molar-refractivity contribution in [1.82, 2.24) is 4.98 Å². The fraction of sp³-hybridized carbons (Fsp3) is 0.278. The van der Waals surface area contributed by atoms with Crippen molar-refractivity contribution in [3.8, 4) is 0 Å². The minimum absolute atomic E-state index is 0.528. The van der Waals surface area contributed by atoms with Gasteiger partial charge in [-0.1, -0.05) is 43.3 Å². The second-order valence-corrected chi connectivity index (χ2v) is 5.20. The Kier molecular flexibility index (Phi) is 4.02. The topological polar surface area (TPSA) is 34.1 Å². The van der Waals surface area contributed by atoms with Gasteiger partial charge < -0.3 is 10.1 Å². The van der Waals surface area contributed by atoms with Gasteiger partial charge in [-0.05, 0) is 17.9 Å². The lowest BCUT2D eigenvalue weighted by Gasteiger charge is -2.13. The summed E-state index contributed by atoms with van der Waals surface area (Å²) in [5.74, 6) is 0. The Morgan fingerprint density at radius 1 is 1.10 bits per heavy atom. The highest BCUT2D eigenvalue weighted by molar-refractivity contribution is 6.09. The second-order valence-electron chi connectivity index (χ2n) is 5.20. The Morgan fingerprint density at radius 3 is 2.76 bits per heavy atom. The number of anilines is 1. The van der Waals surface area contributed by atoms with Crippen molar-refractivity contribution in [3.63, 3.8) is 0 Å². The van der Waals surface area contributed by atoms with Crippen LogP contribution in [0.3, 0.4) is 0 Å². The molecule has 3 nitrogen and oxygen atoms in total. The number of pyridine rings is 1. The Labute approximate surface area is 125 Å². The van der Waals surface area contributed by atoms with Crippen LogP contribution in [0.25, 0.3) is 21.7 Å². The van der Waals surface area contributed by atoms with E-state index in [-0.39, 0.29) is 0 Å². The molecule has 3 heteroatoms. The summed E-state index contributed by atoms with van der Waals surface area (Å²) in [5.41, 5.74) is 3.14. The van der Waals surface area contributed by atoms with Crippen molar-refractivity contribution in [2.45, 2.75) is 20.0 Å². The van der Waals surface area contributed by atoms with Gasteiger partial charge in [-0.3, -0.25) is 0 Å². The standard InChI is InChI=1S/C18H20N2O/c1-3-10-19-17-11-14(12-21-2)20-18-15-7-5-4-6-13(15)8-9-16(17)18/h4-9,11H,3,10,12H2,1-2H3,(H,19,20). The summed E-state index contributed by atoms with van der Waals surface area (Å²) in [5, 5.41) is 7.08. The van der Waals surface area contributed by atoms with Gasteiger partial charge in [0.2, 0.25) is 0 Å². The molecule has 0 bridgehead atoms. The van der Waals surface area contributed by atoms with Gasteiger partial charge in [-0.2, -0.15) is 0 Å². The van der Waals surface area contributed by atoms with Crippen LogP contribution < -0.4 is 5.32 Å². The predicted octanol–water partition coefficient (Wildman–Crippen LogP) is 4.36. The lowest BCUT2D eigenvalue weighted by Crippen LogP contribution is -2.03. The summed E-state index contributed by atoms with van der Waals surface area (Å²) >= 11 is 0. The molecule has 0 fully saturated rings. The van der Waals surface area contributed by atoms with E-state index in [1.54, 1.807) is 7.11 Å². The van der Waals surface area contributed by atoms with E-state index >= 15 is 0 Å². The van der Waals surface area contributed by atoms with Gasteiger partial charge in [0.05, 0.1) is 17.8 Å². The number of nitrogens with zero attached hydrogens (tertiary/aromatic N) is 1. The molecule has 0 aliphatic carbocycles. The molecule has 108 valence electrons. The molecule has 1 aromatic heterocycles. The Bertz CT molecular complexity index is 768. The summed E-state index contributed by atoms with van der Waals surface area (Å²) in [4.78, 5) is 4.80. The number of benzene rings is 2. The average Bonchev–Trinajstić information content (AvgIpc) is 2.52. The second kappa shape index (κ2) is 6.10. The van der Waals surface area contributed by atoms with Crippen molar-refractivity contribution in [3.05, 3.63) is 48.2 Å². The average molecular weight is 280 g/mol. The van der Waals surface area contributed by atoms with Crippen molar-refractivity contribution in [2.24, 2.45) is 0 Å². The molecule has 0 unspecified atom stereocenters. The van der Waals surface area contributed by atoms with Crippen molar-refractivity contribution in [2.75, 3.05) is 19.0 Å². The minimum Gasteiger partial charge on any atom is -0.384 e. The first-order chi connectivity index (χ1) is 10.3. The molecule has 3 aromatic rings. The molecule has 0 radical (unpaired) electrons. The molecule has 0 saturated heterocycles. The van der Waals surface area contributed by atoms with Crippen LogP contribution in [-0.4, -0.2) is 18.6 Å². The number of ether oxygens (including phenoxy) is 1. The zero-order valence-electron chi connectivity index (χ0n) is 12.5. The van der Waals surface area contributed by atoms with Crippen molar-refractivity contribution >= 4 is 27.4 Å². The van der Waals surface area contributed by atoms with E-state index in [2.05, 4.69) is 54.7 Å². The Balaban J connectivity index is 2.26. The molecule has 0 saturated carbocycles. The molecule has 0 aliphatic rings. The predicted molar refractivity (Wildman–Crippen MR) is 88.7 cm³/mol. The van der Waals surface area contributed by atoms with Gasteiger partial charge in [0.15, 0.2) is 0 Å². The molecule has 2 aromatic carbocycles. The molecule has 21 heavy (non-hydrogen) atoms. The molecule has 0 atom stereocenters. The monoisotopic (exact) mass is 280 g/mol. The molecule has 1 N–H and O–H groups in total. The van der Waals surface area contributed by atoms with Crippen LogP contribution in [0.2, 0.25) is 0 Å². The third-order valence-electron chi connectivity index (χ3n) is 3.61. The summed E-state index contributed by atoms with van der Waals surface area (Å²) in [6, 6.07) is 14.8. The van der Waals surface area contributed by atoms with E-state index in [1.807, 2.05) is 0 Å². The van der Waals surface area contributed by atoms with E-state index in [4.69, 9.17) is 9.72 Å². The number of nitrogens with one attached hydrogen (secondary N) is 1. The smallest absolute Gasteiger partial charge is 0.0885 e. The number of fused-ring (bicyclic) bond motifs is 3. The van der Waals surface area contributed by atoms with Crippen molar-refractivity contribution in [1.29, 1.82) is 0 Å². The molecule has 3 rings (SSSR count). The number of hydrogen-bond acceptors (Lipinski definition) is 3. The third-order valence-corrected chi connectivity index (χ3v) is 3.61. The highest BCUT2D eigenvalue weighted by Crippen LogP contribution is 2.29. The normalized spacial score (nSPS) is 11.1. The highest BCUT2D eigenvalue weighted by atomic mass is 16.5. The maximum Gasteiger partial charge on any atom is 0.0885 e. The molecule has 0 aliphatic heterocycles. The van der Waals surface area contributed by atoms with Crippen LogP contribution in [0.15, 0.2) is 42.5 Å². The summed E-state index contributed by atoms with van der Waals surface area (Å²) < 4.78 is 5.26. The van der Waals surface area contributed by atoms with Crippen molar-refractivity contribution < 1.29 is 4.74 Å². The molecular formula is C18H20N2O. The quantitative estimate of drug-likeness (QED) is 0.705. The Morgan fingerprint density at radius 2 is 1.95 bits per heavy atom. The SMILES string of the molecule is CCCNc1cc(COC)nc2c1ccc1ccccc12. The first-order valence-electron chi connectivity index (χ1n) is 7.37. The van der Waals surface area contributed by atoms with E-state index < -0.39 is 0 Å². The van der Waals surface area contributed by atoms with Gasteiger partial charge in [0.25, 0.3) is 0 Å². The fourth-order valence-electron chi connectivity index (χ4n) is 2.64.